The Labute approximate surface area is 182 Å². The van der Waals surface area contributed by atoms with E-state index in [4.69, 9.17) is 4.74 Å². The molecule has 5 rings (SSSR count). The molecule has 0 unspecified atom stereocenters. The van der Waals surface area contributed by atoms with Crippen molar-refractivity contribution in [2.24, 2.45) is 0 Å². The van der Waals surface area contributed by atoms with Crippen molar-refractivity contribution >= 4 is 27.5 Å². The zero-order valence-electron chi connectivity index (χ0n) is 17.0. The van der Waals surface area contributed by atoms with Crippen LogP contribution in [-0.2, 0) is 35.5 Å². The Morgan fingerprint density at radius 2 is 2.00 bits per heavy atom. The average molecular weight is 435 g/mol. The fourth-order valence-corrected chi connectivity index (χ4v) is 5.17. The number of carbonyl (C=O) groups is 1. The van der Waals surface area contributed by atoms with Crippen molar-refractivity contribution in [1.82, 2.24) is 19.3 Å². The van der Waals surface area contributed by atoms with Crippen LogP contribution < -0.4 is 5.56 Å². The summed E-state index contributed by atoms with van der Waals surface area (Å²) in [6.07, 6.45) is 9.53. The van der Waals surface area contributed by atoms with E-state index < -0.39 is 0 Å². The lowest BCUT2D eigenvalue weighted by atomic mass is 9.97. The van der Waals surface area contributed by atoms with E-state index >= 15 is 0 Å². The number of nitrogens with zero attached hydrogens (tertiary/aromatic N) is 4. The van der Waals surface area contributed by atoms with E-state index in [0.717, 1.165) is 40.7 Å². The Balaban J connectivity index is 1.20. The van der Waals surface area contributed by atoms with E-state index in [1.165, 1.54) is 21.4 Å². The van der Waals surface area contributed by atoms with Crippen LogP contribution in [0.25, 0.3) is 15.9 Å². The predicted molar refractivity (Wildman–Crippen MR) is 118 cm³/mol. The van der Waals surface area contributed by atoms with Gasteiger partial charge in [0.1, 0.15) is 11.4 Å². The van der Waals surface area contributed by atoms with Gasteiger partial charge >= 0.3 is 5.97 Å². The summed E-state index contributed by atoms with van der Waals surface area (Å²) < 4.78 is 8.69. The van der Waals surface area contributed by atoms with Crippen LogP contribution in [0.2, 0.25) is 0 Å². The number of esters is 1. The number of hydrogen-bond donors (Lipinski definition) is 0. The van der Waals surface area contributed by atoms with Gasteiger partial charge < -0.3 is 4.74 Å². The van der Waals surface area contributed by atoms with Crippen LogP contribution in [0, 0.1) is 0 Å². The number of hydrogen-bond acceptors (Lipinski definition) is 6. The van der Waals surface area contributed by atoms with Gasteiger partial charge in [-0.2, -0.15) is 5.10 Å². The quantitative estimate of drug-likeness (QED) is 0.433. The molecule has 0 spiro atoms. The zero-order chi connectivity index (χ0) is 21.2. The minimum absolute atomic E-state index is 0.0496. The highest BCUT2D eigenvalue weighted by atomic mass is 32.1. The van der Waals surface area contributed by atoms with Crippen molar-refractivity contribution in [3.63, 3.8) is 0 Å². The summed E-state index contributed by atoms with van der Waals surface area (Å²) >= 11 is 1.63. The Morgan fingerprint density at radius 3 is 2.81 bits per heavy atom. The van der Waals surface area contributed by atoms with Crippen molar-refractivity contribution in [1.29, 1.82) is 0 Å². The Hall–Kier alpha value is -3.26. The summed E-state index contributed by atoms with van der Waals surface area (Å²) in [5.41, 5.74) is 2.96. The van der Waals surface area contributed by atoms with Gasteiger partial charge in [-0.25, -0.2) is 9.67 Å². The van der Waals surface area contributed by atoms with E-state index in [0.29, 0.717) is 0 Å². The van der Waals surface area contributed by atoms with Gasteiger partial charge in [0.2, 0.25) is 0 Å². The molecule has 0 aliphatic heterocycles. The van der Waals surface area contributed by atoms with E-state index in [1.54, 1.807) is 28.5 Å². The molecule has 0 fully saturated rings. The number of benzene rings is 1. The summed E-state index contributed by atoms with van der Waals surface area (Å²) in [6, 6.07) is 9.54. The highest BCUT2D eigenvalue weighted by Gasteiger charge is 2.20. The molecule has 31 heavy (non-hydrogen) atoms. The highest BCUT2D eigenvalue weighted by Crippen LogP contribution is 2.33. The second-order valence-corrected chi connectivity index (χ2v) is 8.75. The van der Waals surface area contributed by atoms with Crippen molar-refractivity contribution in [3.05, 3.63) is 75.4 Å². The number of rotatable bonds is 6. The van der Waals surface area contributed by atoms with Crippen LogP contribution >= 0.6 is 11.3 Å². The second kappa shape index (κ2) is 8.47. The molecule has 4 aromatic rings. The van der Waals surface area contributed by atoms with Gasteiger partial charge in [0, 0.05) is 23.8 Å². The summed E-state index contributed by atoms with van der Waals surface area (Å²) in [7, 11) is 0. The van der Waals surface area contributed by atoms with E-state index in [9.17, 15) is 9.59 Å². The molecule has 0 bridgehead atoms. The SMILES string of the molecule is O=C(CCn1cnc2sc3c(c2c1=O)CCCC3)OCc1ccc(-n2cccn2)cc1. The number of carbonyl (C=O) groups excluding carboxylic acids is 1. The molecule has 1 aliphatic rings. The second-order valence-electron chi connectivity index (χ2n) is 7.66. The Morgan fingerprint density at radius 1 is 1.16 bits per heavy atom. The molecule has 0 N–H and O–H groups in total. The van der Waals surface area contributed by atoms with Crippen molar-refractivity contribution in [2.75, 3.05) is 0 Å². The third-order valence-electron chi connectivity index (χ3n) is 5.60. The molecule has 0 saturated carbocycles. The Bertz CT molecular complexity index is 1270. The molecular formula is C23H22N4O3S. The first kappa shape index (κ1) is 19.7. The molecule has 0 atom stereocenters. The first-order valence-corrected chi connectivity index (χ1v) is 11.2. The van der Waals surface area contributed by atoms with Crippen LogP contribution in [0.3, 0.4) is 0 Å². The number of aryl methyl sites for hydroxylation is 3. The number of aromatic nitrogens is 4. The fraction of sp³-hybridized carbons (Fsp3) is 0.304. The van der Waals surface area contributed by atoms with Crippen LogP contribution in [0.5, 0.6) is 0 Å². The standard InChI is InChI=1S/C23H22N4O3S/c28-20(30-14-16-6-8-17(9-7-16)27-12-3-11-25-27)10-13-26-15-24-22-21(23(26)29)18-4-1-2-5-19(18)31-22/h3,6-9,11-12,15H,1-2,4-5,10,13-14H2. The molecule has 3 heterocycles. The number of fused-ring (bicyclic) bond motifs is 3. The molecule has 7 nitrogen and oxygen atoms in total. The molecule has 1 aromatic carbocycles. The first-order valence-electron chi connectivity index (χ1n) is 10.4. The normalized spacial score (nSPS) is 13.3. The maximum atomic E-state index is 13.0. The zero-order valence-corrected chi connectivity index (χ0v) is 17.8. The number of ether oxygens (including phenoxy) is 1. The van der Waals surface area contributed by atoms with Crippen LogP contribution in [-0.4, -0.2) is 25.3 Å². The van der Waals surface area contributed by atoms with Gasteiger partial charge in [-0.1, -0.05) is 12.1 Å². The minimum atomic E-state index is -0.338. The first-order chi connectivity index (χ1) is 15.2. The van der Waals surface area contributed by atoms with E-state index in [2.05, 4.69) is 10.1 Å². The van der Waals surface area contributed by atoms with Crippen molar-refractivity contribution in [3.8, 4) is 5.69 Å². The topological polar surface area (TPSA) is 79.0 Å². The Kier molecular flexibility index (Phi) is 5.38. The molecule has 3 aromatic heterocycles. The van der Waals surface area contributed by atoms with Gasteiger partial charge in [-0.15, -0.1) is 11.3 Å². The molecule has 158 valence electrons. The van der Waals surface area contributed by atoms with Crippen LogP contribution in [0.15, 0.2) is 53.8 Å². The average Bonchev–Trinajstić information content (AvgIpc) is 3.46. The van der Waals surface area contributed by atoms with Gasteiger partial charge in [0.25, 0.3) is 5.56 Å². The van der Waals surface area contributed by atoms with Gasteiger partial charge in [-0.3, -0.25) is 14.2 Å². The lowest BCUT2D eigenvalue weighted by Gasteiger charge is -2.10. The summed E-state index contributed by atoms with van der Waals surface area (Å²) in [4.78, 5) is 31.8. The van der Waals surface area contributed by atoms with Crippen molar-refractivity contribution in [2.45, 2.75) is 45.3 Å². The van der Waals surface area contributed by atoms with E-state index in [1.807, 2.05) is 36.5 Å². The predicted octanol–water partition coefficient (Wildman–Crippen LogP) is 3.66. The number of thiophene rings is 1. The fourth-order valence-electron chi connectivity index (χ4n) is 3.95. The minimum Gasteiger partial charge on any atom is -0.461 e. The van der Waals surface area contributed by atoms with Gasteiger partial charge in [0.05, 0.1) is 23.8 Å². The third kappa shape index (κ3) is 4.03. The maximum absolute atomic E-state index is 13.0. The molecule has 0 saturated heterocycles. The summed E-state index contributed by atoms with van der Waals surface area (Å²) in [5, 5.41) is 4.93. The third-order valence-corrected chi connectivity index (χ3v) is 6.80. The summed E-state index contributed by atoms with van der Waals surface area (Å²) in [5.74, 6) is -0.338. The van der Waals surface area contributed by atoms with Crippen LogP contribution in [0.4, 0.5) is 0 Å². The molecule has 0 amide bonds. The monoisotopic (exact) mass is 434 g/mol. The molecule has 1 aliphatic carbocycles. The molecule has 0 radical (unpaired) electrons. The van der Waals surface area contributed by atoms with Gasteiger partial charge in [-0.05, 0) is 55.0 Å². The largest absolute Gasteiger partial charge is 0.461 e. The lowest BCUT2D eigenvalue weighted by Crippen LogP contribution is -2.23. The lowest BCUT2D eigenvalue weighted by molar-refractivity contribution is -0.145. The van der Waals surface area contributed by atoms with Crippen LogP contribution in [0.1, 0.15) is 35.3 Å². The highest BCUT2D eigenvalue weighted by molar-refractivity contribution is 7.18. The summed E-state index contributed by atoms with van der Waals surface area (Å²) in [6.45, 7) is 0.464. The van der Waals surface area contributed by atoms with Gasteiger partial charge in [0.15, 0.2) is 0 Å². The van der Waals surface area contributed by atoms with E-state index in [-0.39, 0.29) is 31.1 Å². The maximum Gasteiger partial charge on any atom is 0.307 e. The smallest absolute Gasteiger partial charge is 0.307 e. The van der Waals surface area contributed by atoms with Crippen molar-refractivity contribution < 1.29 is 9.53 Å². The molecule has 8 heteroatoms. The molecular weight excluding hydrogens is 412 g/mol.